The zero-order chi connectivity index (χ0) is 13.1. The van der Waals surface area contributed by atoms with E-state index in [1.165, 1.54) is 13.2 Å². The Morgan fingerprint density at radius 2 is 1.61 bits per heavy atom. The predicted octanol–water partition coefficient (Wildman–Crippen LogP) is 2.79. The SMILES string of the molecule is COc1cc(C(O)c2ccc(C)cc2)ccc1O. The van der Waals surface area contributed by atoms with Crippen molar-refractivity contribution in [2.24, 2.45) is 0 Å². The minimum atomic E-state index is -0.722. The highest BCUT2D eigenvalue weighted by atomic mass is 16.5. The first-order valence-electron chi connectivity index (χ1n) is 5.73. The van der Waals surface area contributed by atoms with E-state index < -0.39 is 6.10 Å². The lowest BCUT2D eigenvalue weighted by molar-refractivity contribution is 0.219. The van der Waals surface area contributed by atoms with Gasteiger partial charge in [-0.2, -0.15) is 0 Å². The number of ether oxygens (including phenoxy) is 1. The van der Waals surface area contributed by atoms with Crippen molar-refractivity contribution >= 4 is 0 Å². The van der Waals surface area contributed by atoms with E-state index in [4.69, 9.17) is 4.74 Å². The Labute approximate surface area is 106 Å². The van der Waals surface area contributed by atoms with Gasteiger partial charge in [-0.05, 0) is 30.2 Å². The Bertz CT molecular complexity index is 532. The van der Waals surface area contributed by atoms with Crippen LogP contribution in [0.3, 0.4) is 0 Å². The van der Waals surface area contributed by atoms with Gasteiger partial charge in [0.05, 0.1) is 7.11 Å². The number of aliphatic hydroxyl groups excluding tert-OH is 1. The Morgan fingerprint density at radius 3 is 2.22 bits per heavy atom. The summed E-state index contributed by atoms with van der Waals surface area (Å²) in [6, 6.07) is 12.5. The van der Waals surface area contributed by atoms with Gasteiger partial charge < -0.3 is 14.9 Å². The number of aryl methyl sites for hydroxylation is 1. The maximum atomic E-state index is 10.3. The van der Waals surface area contributed by atoms with Crippen LogP contribution in [0.15, 0.2) is 42.5 Å². The second kappa shape index (κ2) is 5.10. The zero-order valence-corrected chi connectivity index (χ0v) is 10.4. The molecule has 0 radical (unpaired) electrons. The maximum Gasteiger partial charge on any atom is 0.160 e. The predicted molar refractivity (Wildman–Crippen MR) is 69.9 cm³/mol. The molecule has 94 valence electrons. The fourth-order valence-electron chi connectivity index (χ4n) is 1.81. The monoisotopic (exact) mass is 244 g/mol. The van der Waals surface area contributed by atoms with Gasteiger partial charge in [0, 0.05) is 0 Å². The standard InChI is InChI=1S/C15H16O3/c1-10-3-5-11(6-4-10)15(17)12-7-8-13(16)14(9-12)18-2/h3-9,15-17H,1-2H3. The van der Waals surface area contributed by atoms with Gasteiger partial charge in [0.15, 0.2) is 11.5 Å². The minimum Gasteiger partial charge on any atom is -0.504 e. The van der Waals surface area contributed by atoms with Crippen LogP contribution < -0.4 is 4.74 Å². The van der Waals surface area contributed by atoms with E-state index in [2.05, 4.69) is 0 Å². The Kier molecular flexibility index (Phi) is 3.53. The van der Waals surface area contributed by atoms with Crippen molar-refractivity contribution in [2.45, 2.75) is 13.0 Å². The number of benzene rings is 2. The highest BCUT2D eigenvalue weighted by molar-refractivity contribution is 5.44. The van der Waals surface area contributed by atoms with Crippen molar-refractivity contribution in [2.75, 3.05) is 7.11 Å². The molecule has 0 spiro atoms. The van der Waals surface area contributed by atoms with Gasteiger partial charge in [-0.15, -0.1) is 0 Å². The van der Waals surface area contributed by atoms with E-state index in [0.29, 0.717) is 11.3 Å². The van der Waals surface area contributed by atoms with Gasteiger partial charge in [-0.1, -0.05) is 35.9 Å². The number of methoxy groups -OCH3 is 1. The van der Waals surface area contributed by atoms with Crippen LogP contribution in [-0.4, -0.2) is 17.3 Å². The first-order valence-corrected chi connectivity index (χ1v) is 5.73. The topological polar surface area (TPSA) is 49.7 Å². The van der Waals surface area contributed by atoms with E-state index in [0.717, 1.165) is 11.1 Å². The molecular formula is C15H16O3. The van der Waals surface area contributed by atoms with Gasteiger partial charge in [-0.3, -0.25) is 0 Å². The third kappa shape index (κ3) is 2.46. The number of aliphatic hydroxyl groups is 1. The number of aromatic hydroxyl groups is 1. The summed E-state index contributed by atoms with van der Waals surface area (Å²) in [5.41, 5.74) is 2.65. The quantitative estimate of drug-likeness (QED) is 0.872. The third-order valence-corrected chi connectivity index (χ3v) is 2.91. The summed E-state index contributed by atoms with van der Waals surface area (Å²) in [6.45, 7) is 2.00. The average molecular weight is 244 g/mol. The fourth-order valence-corrected chi connectivity index (χ4v) is 1.81. The lowest BCUT2D eigenvalue weighted by Crippen LogP contribution is -2.00. The Hall–Kier alpha value is -2.00. The second-order valence-corrected chi connectivity index (χ2v) is 4.24. The molecule has 2 rings (SSSR count). The first-order chi connectivity index (χ1) is 8.61. The van der Waals surface area contributed by atoms with Gasteiger partial charge in [0.25, 0.3) is 0 Å². The van der Waals surface area contributed by atoms with Gasteiger partial charge in [-0.25, -0.2) is 0 Å². The van der Waals surface area contributed by atoms with E-state index in [1.807, 2.05) is 31.2 Å². The molecule has 0 aromatic heterocycles. The summed E-state index contributed by atoms with van der Waals surface area (Å²) in [6.07, 6.45) is -0.722. The van der Waals surface area contributed by atoms with Crippen LogP contribution in [0.1, 0.15) is 22.8 Å². The largest absolute Gasteiger partial charge is 0.504 e. The van der Waals surface area contributed by atoms with Gasteiger partial charge >= 0.3 is 0 Å². The summed E-state index contributed by atoms with van der Waals surface area (Å²) >= 11 is 0. The smallest absolute Gasteiger partial charge is 0.160 e. The molecule has 0 bridgehead atoms. The molecule has 0 saturated heterocycles. The molecule has 0 saturated carbocycles. The average Bonchev–Trinajstić information content (AvgIpc) is 2.39. The van der Waals surface area contributed by atoms with E-state index >= 15 is 0 Å². The molecule has 2 aromatic carbocycles. The van der Waals surface area contributed by atoms with Crippen LogP contribution in [-0.2, 0) is 0 Å². The number of hydrogen-bond donors (Lipinski definition) is 2. The molecule has 3 nitrogen and oxygen atoms in total. The molecule has 18 heavy (non-hydrogen) atoms. The number of phenols is 1. The summed E-state index contributed by atoms with van der Waals surface area (Å²) in [5, 5.41) is 19.8. The molecule has 0 amide bonds. The van der Waals surface area contributed by atoms with Gasteiger partial charge in [0.1, 0.15) is 6.10 Å². The summed E-state index contributed by atoms with van der Waals surface area (Å²) in [5.74, 6) is 0.427. The molecule has 1 atom stereocenters. The van der Waals surface area contributed by atoms with Crippen LogP contribution in [0.5, 0.6) is 11.5 Å². The van der Waals surface area contributed by atoms with E-state index in [-0.39, 0.29) is 5.75 Å². The molecule has 0 fully saturated rings. The highest BCUT2D eigenvalue weighted by Gasteiger charge is 2.12. The van der Waals surface area contributed by atoms with Crippen molar-refractivity contribution in [1.29, 1.82) is 0 Å². The highest BCUT2D eigenvalue weighted by Crippen LogP contribution is 2.31. The van der Waals surface area contributed by atoms with Crippen molar-refractivity contribution < 1.29 is 14.9 Å². The molecule has 0 aliphatic rings. The minimum absolute atomic E-state index is 0.0670. The van der Waals surface area contributed by atoms with Crippen LogP contribution in [0.4, 0.5) is 0 Å². The van der Waals surface area contributed by atoms with Crippen molar-refractivity contribution in [3.05, 3.63) is 59.2 Å². The molecule has 0 heterocycles. The third-order valence-electron chi connectivity index (χ3n) is 2.91. The number of phenolic OH excluding ortho intramolecular Hbond substituents is 1. The van der Waals surface area contributed by atoms with E-state index in [1.54, 1.807) is 12.1 Å². The summed E-state index contributed by atoms with van der Waals surface area (Å²) < 4.78 is 5.03. The lowest BCUT2D eigenvalue weighted by Gasteiger charge is -2.13. The van der Waals surface area contributed by atoms with Gasteiger partial charge in [0.2, 0.25) is 0 Å². The van der Waals surface area contributed by atoms with Crippen LogP contribution in [0.25, 0.3) is 0 Å². The molecule has 1 unspecified atom stereocenters. The molecule has 0 aliphatic carbocycles. The summed E-state index contributed by atoms with van der Waals surface area (Å²) in [4.78, 5) is 0. The molecule has 2 aromatic rings. The molecule has 2 N–H and O–H groups in total. The number of rotatable bonds is 3. The van der Waals surface area contributed by atoms with Crippen LogP contribution >= 0.6 is 0 Å². The van der Waals surface area contributed by atoms with Crippen LogP contribution in [0, 0.1) is 6.92 Å². The number of hydrogen-bond acceptors (Lipinski definition) is 3. The van der Waals surface area contributed by atoms with E-state index in [9.17, 15) is 10.2 Å². The maximum absolute atomic E-state index is 10.3. The fraction of sp³-hybridized carbons (Fsp3) is 0.200. The first kappa shape index (κ1) is 12.5. The van der Waals surface area contributed by atoms with Crippen molar-refractivity contribution in [1.82, 2.24) is 0 Å². The second-order valence-electron chi connectivity index (χ2n) is 4.24. The summed E-state index contributed by atoms with van der Waals surface area (Å²) in [7, 11) is 1.48. The lowest BCUT2D eigenvalue weighted by atomic mass is 10.0. The molecular weight excluding hydrogens is 228 g/mol. The van der Waals surface area contributed by atoms with Crippen molar-refractivity contribution in [3.8, 4) is 11.5 Å². The molecule has 3 heteroatoms. The Balaban J connectivity index is 2.33. The van der Waals surface area contributed by atoms with Crippen molar-refractivity contribution in [3.63, 3.8) is 0 Å². The molecule has 0 aliphatic heterocycles. The van der Waals surface area contributed by atoms with Crippen LogP contribution in [0.2, 0.25) is 0 Å². The Morgan fingerprint density at radius 1 is 1.00 bits per heavy atom. The normalized spacial score (nSPS) is 12.2. The zero-order valence-electron chi connectivity index (χ0n) is 10.4.